The van der Waals surface area contributed by atoms with Crippen LogP contribution in [0.2, 0.25) is 0 Å². The van der Waals surface area contributed by atoms with Crippen LogP contribution in [0, 0.1) is 5.92 Å². The van der Waals surface area contributed by atoms with E-state index in [1.165, 1.54) is 36.7 Å². The molecule has 1 aliphatic carbocycles. The minimum Gasteiger partial charge on any atom is -0.335 e. The maximum absolute atomic E-state index is 13.1. The van der Waals surface area contributed by atoms with Gasteiger partial charge in [0.2, 0.25) is 0 Å². The van der Waals surface area contributed by atoms with Crippen molar-refractivity contribution in [3.63, 3.8) is 0 Å². The summed E-state index contributed by atoms with van der Waals surface area (Å²) in [7, 11) is 0. The Morgan fingerprint density at radius 3 is 2.62 bits per heavy atom. The Morgan fingerprint density at radius 1 is 1.08 bits per heavy atom. The second-order valence-electron chi connectivity index (χ2n) is 7.52. The number of likely N-dealkylation sites (tertiary alicyclic amines) is 1. The largest absolute Gasteiger partial charge is 0.335 e. The molecule has 0 spiro atoms. The molecule has 1 saturated heterocycles. The van der Waals surface area contributed by atoms with E-state index in [2.05, 4.69) is 6.58 Å². The minimum atomic E-state index is -0.339. The van der Waals surface area contributed by atoms with Gasteiger partial charge in [0.1, 0.15) is 0 Å². The fourth-order valence-electron chi connectivity index (χ4n) is 4.76. The molecule has 3 amide bonds. The summed E-state index contributed by atoms with van der Waals surface area (Å²) < 4.78 is 0. The lowest BCUT2D eigenvalue weighted by atomic mass is 9.78. The quantitative estimate of drug-likeness (QED) is 0.620. The number of imide groups is 1. The molecule has 0 radical (unpaired) electrons. The van der Waals surface area contributed by atoms with Gasteiger partial charge in [0.25, 0.3) is 17.7 Å². The summed E-state index contributed by atoms with van der Waals surface area (Å²) >= 11 is 0. The molecule has 2 fully saturated rings. The molecule has 2 aliphatic heterocycles. The van der Waals surface area contributed by atoms with Crippen molar-refractivity contribution < 1.29 is 14.4 Å². The van der Waals surface area contributed by atoms with Crippen molar-refractivity contribution in [3.8, 4) is 0 Å². The van der Waals surface area contributed by atoms with Gasteiger partial charge in [-0.3, -0.25) is 19.3 Å². The number of carbonyl (C=O) groups excluding carboxylic acids is 3. The number of nitrogens with zero attached hydrogens (tertiary/aromatic N) is 2. The zero-order chi connectivity index (χ0) is 18.3. The zero-order valence-corrected chi connectivity index (χ0v) is 14.9. The highest BCUT2D eigenvalue weighted by molar-refractivity contribution is 6.22. The summed E-state index contributed by atoms with van der Waals surface area (Å²) in [5.41, 5.74) is 1.22. The van der Waals surface area contributed by atoms with Crippen LogP contribution in [0.1, 0.15) is 69.6 Å². The van der Waals surface area contributed by atoms with E-state index in [0.717, 1.165) is 19.4 Å². The molecule has 5 nitrogen and oxygen atoms in total. The molecule has 136 valence electrons. The Hall–Kier alpha value is -2.43. The fourth-order valence-corrected chi connectivity index (χ4v) is 4.76. The van der Waals surface area contributed by atoms with Crippen LogP contribution < -0.4 is 0 Å². The van der Waals surface area contributed by atoms with Gasteiger partial charge in [-0.2, -0.15) is 0 Å². The molecule has 0 aromatic heterocycles. The number of rotatable bonds is 3. The van der Waals surface area contributed by atoms with Gasteiger partial charge in [0.05, 0.1) is 11.1 Å². The van der Waals surface area contributed by atoms with Crippen LogP contribution in [0.3, 0.4) is 0 Å². The van der Waals surface area contributed by atoms with Crippen LogP contribution in [-0.2, 0) is 0 Å². The lowest BCUT2D eigenvalue weighted by molar-refractivity contribution is 0.0390. The van der Waals surface area contributed by atoms with Gasteiger partial charge in [-0.1, -0.05) is 18.9 Å². The molecule has 1 aromatic rings. The Bertz CT molecular complexity index is 783. The predicted molar refractivity (Wildman–Crippen MR) is 98.0 cm³/mol. The molecule has 1 saturated carbocycles. The van der Waals surface area contributed by atoms with Crippen LogP contribution in [0.25, 0.3) is 0 Å². The first-order chi connectivity index (χ1) is 12.6. The second kappa shape index (κ2) is 6.71. The number of hydrogen-bond donors (Lipinski definition) is 0. The van der Waals surface area contributed by atoms with Crippen molar-refractivity contribution >= 4 is 17.7 Å². The molecular weight excluding hydrogens is 328 g/mol. The summed E-state index contributed by atoms with van der Waals surface area (Å²) in [4.78, 5) is 41.2. The van der Waals surface area contributed by atoms with Crippen molar-refractivity contribution in [1.82, 2.24) is 9.80 Å². The Kier molecular flexibility index (Phi) is 4.39. The van der Waals surface area contributed by atoms with Gasteiger partial charge in [-0.15, -0.1) is 6.58 Å². The van der Waals surface area contributed by atoms with Crippen molar-refractivity contribution in [1.29, 1.82) is 0 Å². The average Bonchev–Trinajstić information content (AvgIpc) is 2.92. The first-order valence-corrected chi connectivity index (χ1v) is 9.54. The van der Waals surface area contributed by atoms with E-state index in [1.807, 2.05) is 4.90 Å². The van der Waals surface area contributed by atoms with Gasteiger partial charge in [0.15, 0.2) is 0 Å². The number of piperidine rings is 1. The Balaban J connectivity index is 1.61. The number of hydrogen-bond acceptors (Lipinski definition) is 3. The van der Waals surface area contributed by atoms with Crippen LogP contribution >= 0.6 is 0 Å². The first kappa shape index (κ1) is 17.0. The molecular formula is C21H24N2O3. The van der Waals surface area contributed by atoms with Crippen molar-refractivity contribution in [3.05, 3.63) is 47.5 Å². The predicted octanol–water partition coefficient (Wildman–Crippen LogP) is 3.26. The Labute approximate surface area is 153 Å². The first-order valence-electron chi connectivity index (χ1n) is 9.54. The summed E-state index contributed by atoms with van der Waals surface area (Å²) in [5, 5.41) is 0. The number of fused-ring (bicyclic) bond motifs is 2. The van der Waals surface area contributed by atoms with Crippen molar-refractivity contribution in [2.24, 2.45) is 5.92 Å². The van der Waals surface area contributed by atoms with E-state index >= 15 is 0 Å². The third-order valence-corrected chi connectivity index (χ3v) is 6.03. The third kappa shape index (κ3) is 2.66. The Morgan fingerprint density at radius 2 is 1.81 bits per heavy atom. The molecule has 4 rings (SSSR count). The van der Waals surface area contributed by atoms with E-state index in [9.17, 15) is 14.4 Å². The van der Waals surface area contributed by atoms with Gasteiger partial charge in [0, 0.05) is 24.7 Å². The number of benzene rings is 1. The van der Waals surface area contributed by atoms with Crippen LogP contribution in [0.15, 0.2) is 30.9 Å². The standard InChI is InChI=1S/C21H24N2O3/c1-2-11-23-20(25)16-10-9-15(13-17(16)21(23)26)19(24)22-12-5-7-14-6-3-4-8-18(14)22/h2,9-10,13-14,18H,1,3-8,11-12H2/t14-,18-/m1/s1. The topological polar surface area (TPSA) is 57.7 Å². The lowest BCUT2D eigenvalue weighted by Gasteiger charge is -2.44. The molecule has 26 heavy (non-hydrogen) atoms. The minimum absolute atomic E-state index is 0.00757. The van der Waals surface area contributed by atoms with Crippen LogP contribution in [0.5, 0.6) is 0 Å². The second-order valence-corrected chi connectivity index (χ2v) is 7.52. The van der Waals surface area contributed by atoms with E-state index in [1.54, 1.807) is 18.2 Å². The van der Waals surface area contributed by atoms with E-state index in [4.69, 9.17) is 0 Å². The van der Waals surface area contributed by atoms with Crippen LogP contribution in [0.4, 0.5) is 0 Å². The highest BCUT2D eigenvalue weighted by atomic mass is 16.2. The fraction of sp³-hybridized carbons (Fsp3) is 0.476. The highest BCUT2D eigenvalue weighted by Gasteiger charge is 2.38. The van der Waals surface area contributed by atoms with Crippen molar-refractivity contribution in [2.45, 2.75) is 44.6 Å². The molecule has 0 unspecified atom stereocenters. The molecule has 0 N–H and O–H groups in total. The van der Waals surface area contributed by atoms with Gasteiger partial charge in [-0.25, -0.2) is 0 Å². The molecule has 2 atom stereocenters. The normalized spacial score (nSPS) is 25.1. The monoisotopic (exact) mass is 352 g/mol. The lowest BCUT2D eigenvalue weighted by Crippen LogP contribution is -2.49. The van der Waals surface area contributed by atoms with Gasteiger partial charge >= 0.3 is 0 Å². The van der Waals surface area contributed by atoms with E-state index in [0.29, 0.717) is 28.7 Å². The third-order valence-electron chi connectivity index (χ3n) is 6.03. The summed E-state index contributed by atoms with van der Waals surface area (Å²) in [6.07, 6.45) is 8.51. The van der Waals surface area contributed by atoms with Crippen molar-refractivity contribution in [2.75, 3.05) is 13.1 Å². The SMILES string of the molecule is C=CCN1C(=O)c2ccc(C(=O)N3CCC[C@H]4CCCC[C@H]43)cc2C1=O. The van der Waals surface area contributed by atoms with Gasteiger partial charge in [-0.05, 0) is 49.8 Å². The summed E-state index contributed by atoms with van der Waals surface area (Å²) in [6.45, 7) is 4.56. The number of amides is 3. The molecule has 2 heterocycles. The van der Waals surface area contributed by atoms with Crippen LogP contribution in [-0.4, -0.2) is 46.7 Å². The van der Waals surface area contributed by atoms with E-state index in [-0.39, 0.29) is 24.3 Å². The maximum atomic E-state index is 13.1. The zero-order valence-electron chi connectivity index (χ0n) is 14.9. The maximum Gasteiger partial charge on any atom is 0.261 e. The number of carbonyl (C=O) groups is 3. The molecule has 1 aromatic carbocycles. The molecule has 0 bridgehead atoms. The summed E-state index contributed by atoms with van der Waals surface area (Å²) in [5.74, 6) is -0.0445. The van der Waals surface area contributed by atoms with E-state index < -0.39 is 0 Å². The van der Waals surface area contributed by atoms with Gasteiger partial charge < -0.3 is 4.90 Å². The molecule has 5 heteroatoms. The smallest absolute Gasteiger partial charge is 0.261 e. The average molecular weight is 352 g/mol. The highest BCUT2D eigenvalue weighted by Crippen LogP contribution is 2.36. The summed E-state index contributed by atoms with van der Waals surface area (Å²) in [6, 6.07) is 5.24. The molecule has 3 aliphatic rings.